The molecular weight excluding hydrogens is 168 g/mol. The van der Waals surface area contributed by atoms with E-state index < -0.39 is 0 Å². The van der Waals surface area contributed by atoms with Gasteiger partial charge in [-0.1, -0.05) is 0 Å². The van der Waals surface area contributed by atoms with Crippen LogP contribution in [0.15, 0.2) is 0 Å². The predicted octanol–water partition coefficient (Wildman–Crippen LogP) is 0.196. The van der Waals surface area contributed by atoms with E-state index in [-0.39, 0.29) is 16.9 Å². The second-order valence-electron chi connectivity index (χ2n) is 4.74. The number of amides is 1. The molecule has 1 amide bonds. The summed E-state index contributed by atoms with van der Waals surface area (Å²) < 4.78 is 0. The van der Waals surface area contributed by atoms with Crippen molar-refractivity contribution in [3.8, 4) is 0 Å². The normalized spacial score (nSPS) is 37.8. The van der Waals surface area contributed by atoms with Crippen LogP contribution in [-0.2, 0) is 9.63 Å². The zero-order valence-electron chi connectivity index (χ0n) is 8.14. The van der Waals surface area contributed by atoms with E-state index in [2.05, 4.69) is 24.6 Å². The molecule has 0 aliphatic carbocycles. The summed E-state index contributed by atoms with van der Waals surface area (Å²) in [6.07, 6.45) is 1.73. The van der Waals surface area contributed by atoms with Gasteiger partial charge in [0.15, 0.2) is 0 Å². The van der Waals surface area contributed by atoms with Gasteiger partial charge in [-0.15, -0.1) is 0 Å². The van der Waals surface area contributed by atoms with Crippen LogP contribution in [0.25, 0.3) is 0 Å². The fourth-order valence-electron chi connectivity index (χ4n) is 2.37. The molecule has 13 heavy (non-hydrogen) atoms. The second kappa shape index (κ2) is 2.69. The maximum Gasteiger partial charge on any atom is 0.252 e. The third-order valence-electron chi connectivity index (χ3n) is 2.98. The third-order valence-corrected chi connectivity index (χ3v) is 2.98. The van der Waals surface area contributed by atoms with Gasteiger partial charge in [-0.05, 0) is 33.2 Å². The van der Waals surface area contributed by atoms with Gasteiger partial charge in [0, 0.05) is 5.54 Å². The summed E-state index contributed by atoms with van der Waals surface area (Å²) in [6, 6.07) is 0. The van der Waals surface area contributed by atoms with Crippen LogP contribution in [0.4, 0.5) is 0 Å². The third kappa shape index (κ3) is 1.44. The Hall–Kier alpha value is -0.610. The summed E-state index contributed by atoms with van der Waals surface area (Å²) in [6.45, 7) is 5.67. The molecule has 4 nitrogen and oxygen atoms in total. The number of carbonyl (C=O) groups is 1. The van der Waals surface area contributed by atoms with Gasteiger partial charge in [0.05, 0.1) is 12.0 Å². The molecule has 2 N–H and O–H groups in total. The number of hydrogen-bond acceptors (Lipinski definition) is 3. The first-order valence-corrected chi connectivity index (χ1v) is 4.71. The van der Waals surface area contributed by atoms with E-state index in [9.17, 15) is 4.79 Å². The Morgan fingerprint density at radius 2 is 2.23 bits per heavy atom. The van der Waals surface area contributed by atoms with Crippen LogP contribution < -0.4 is 10.8 Å². The minimum Gasteiger partial charge on any atom is -0.312 e. The number of rotatable bonds is 0. The molecule has 1 unspecified atom stereocenters. The predicted molar refractivity (Wildman–Crippen MR) is 47.8 cm³/mol. The first kappa shape index (κ1) is 8.97. The second-order valence-corrected chi connectivity index (χ2v) is 4.74. The highest BCUT2D eigenvalue weighted by molar-refractivity contribution is 5.83. The molecule has 1 spiro atoms. The van der Waals surface area contributed by atoms with Gasteiger partial charge in [-0.25, -0.2) is 5.48 Å². The quantitative estimate of drug-likeness (QED) is 0.565. The van der Waals surface area contributed by atoms with E-state index in [1.807, 2.05) is 0 Å². The molecule has 0 aromatic heterocycles. The van der Waals surface area contributed by atoms with Gasteiger partial charge >= 0.3 is 0 Å². The van der Waals surface area contributed by atoms with Crippen LogP contribution in [0.5, 0.6) is 0 Å². The van der Waals surface area contributed by atoms with Gasteiger partial charge in [-0.3, -0.25) is 9.63 Å². The van der Waals surface area contributed by atoms with Crippen LogP contribution in [0.2, 0.25) is 0 Å². The highest BCUT2D eigenvalue weighted by Gasteiger charge is 2.49. The number of hydrogen-bond donors (Lipinski definition) is 2. The van der Waals surface area contributed by atoms with Crippen molar-refractivity contribution in [2.75, 3.05) is 13.2 Å². The summed E-state index contributed by atoms with van der Waals surface area (Å²) in [5, 5.41) is 3.39. The molecule has 1 atom stereocenters. The molecule has 0 bridgehead atoms. The van der Waals surface area contributed by atoms with Crippen molar-refractivity contribution < 1.29 is 9.63 Å². The van der Waals surface area contributed by atoms with Crippen LogP contribution in [0, 0.1) is 5.41 Å². The van der Waals surface area contributed by atoms with E-state index >= 15 is 0 Å². The maximum atomic E-state index is 11.6. The zero-order valence-corrected chi connectivity index (χ0v) is 8.14. The Bertz CT molecular complexity index is 240. The standard InChI is InChI=1S/C9H16N2O2/c1-8(2)5-9(3-4-10-8)6-13-11-7(9)12/h10H,3-6H2,1-2H3,(H,11,12). The number of hydroxylamine groups is 1. The highest BCUT2D eigenvalue weighted by Crippen LogP contribution is 2.38. The minimum atomic E-state index is -0.269. The molecule has 2 heterocycles. The first-order chi connectivity index (χ1) is 6.04. The largest absolute Gasteiger partial charge is 0.312 e. The summed E-state index contributed by atoms with van der Waals surface area (Å²) in [7, 11) is 0. The number of carbonyl (C=O) groups excluding carboxylic acids is 1. The van der Waals surface area contributed by atoms with Gasteiger partial charge in [0.1, 0.15) is 0 Å². The lowest BCUT2D eigenvalue weighted by Gasteiger charge is -2.40. The molecule has 2 rings (SSSR count). The van der Waals surface area contributed by atoms with Crippen molar-refractivity contribution in [3.63, 3.8) is 0 Å². The summed E-state index contributed by atoms with van der Waals surface area (Å²) >= 11 is 0. The minimum absolute atomic E-state index is 0.0449. The van der Waals surface area contributed by atoms with Gasteiger partial charge in [0.2, 0.25) is 0 Å². The van der Waals surface area contributed by atoms with Crippen molar-refractivity contribution >= 4 is 5.91 Å². The lowest BCUT2D eigenvalue weighted by molar-refractivity contribution is -0.131. The molecule has 0 aromatic rings. The molecule has 2 fully saturated rings. The fraction of sp³-hybridized carbons (Fsp3) is 0.889. The molecule has 4 heteroatoms. The SMILES string of the molecule is CC1(C)CC2(CCN1)CONC2=O. The van der Waals surface area contributed by atoms with Crippen LogP contribution in [-0.4, -0.2) is 24.6 Å². The molecule has 2 aliphatic heterocycles. The van der Waals surface area contributed by atoms with Crippen LogP contribution in [0.3, 0.4) is 0 Å². The molecule has 2 aliphatic rings. The lowest BCUT2D eigenvalue weighted by atomic mass is 9.72. The van der Waals surface area contributed by atoms with Crippen molar-refractivity contribution in [1.82, 2.24) is 10.8 Å². The summed E-state index contributed by atoms with van der Waals surface area (Å²) in [5.74, 6) is 0.0575. The smallest absolute Gasteiger partial charge is 0.252 e. The lowest BCUT2D eigenvalue weighted by Crippen LogP contribution is -2.53. The molecular formula is C9H16N2O2. The summed E-state index contributed by atoms with van der Waals surface area (Å²) in [4.78, 5) is 16.6. The molecule has 0 radical (unpaired) electrons. The van der Waals surface area contributed by atoms with Crippen molar-refractivity contribution in [3.05, 3.63) is 0 Å². The zero-order chi connectivity index (χ0) is 9.53. The Morgan fingerprint density at radius 3 is 2.77 bits per heavy atom. The van der Waals surface area contributed by atoms with E-state index in [4.69, 9.17) is 4.84 Å². The van der Waals surface area contributed by atoms with Crippen molar-refractivity contribution in [2.45, 2.75) is 32.2 Å². The topological polar surface area (TPSA) is 50.4 Å². The molecule has 0 saturated carbocycles. The van der Waals surface area contributed by atoms with Crippen LogP contribution >= 0.6 is 0 Å². The fourth-order valence-corrected chi connectivity index (χ4v) is 2.37. The van der Waals surface area contributed by atoms with Crippen molar-refractivity contribution in [1.29, 1.82) is 0 Å². The maximum absolute atomic E-state index is 11.6. The van der Waals surface area contributed by atoms with E-state index in [1.54, 1.807) is 0 Å². The number of piperidine rings is 1. The Kier molecular flexibility index (Phi) is 1.85. The molecule has 0 aromatic carbocycles. The average molecular weight is 184 g/mol. The van der Waals surface area contributed by atoms with Gasteiger partial charge in [0.25, 0.3) is 5.91 Å². The summed E-state index contributed by atoms with van der Waals surface area (Å²) in [5.41, 5.74) is 2.23. The van der Waals surface area contributed by atoms with Gasteiger partial charge < -0.3 is 5.32 Å². The van der Waals surface area contributed by atoms with E-state index in [0.29, 0.717) is 6.61 Å². The monoisotopic (exact) mass is 184 g/mol. The van der Waals surface area contributed by atoms with Crippen LogP contribution in [0.1, 0.15) is 26.7 Å². The molecule has 74 valence electrons. The Labute approximate surface area is 78.0 Å². The van der Waals surface area contributed by atoms with E-state index in [1.165, 1.54) is 0 Å². The number of nitrogens with one attached hydrogen (secondary N) is 2. The van der Waals surface area contributed by atoms with Crippen molar-refractivity contribution in [2.24, 2.45) is 5.41 Å². The van der Waals surface area contributed by atoms with E-state index in [0.717, 1.165) is 19.4 Å². The highest BCUT2D eigenvalue weighted by atomic mass is 16.7. The Balaban J connectivity index is 2.18. The Morgan fingerprint density at radius 1 is 1.46 bits per heavy atom. The first-order valence-electron chi connectivity index (χ1n) is 4.71. The average Bonchev–Trinajstić information content (AvgIpc) is 2.31. The molecule has 2 saturated heterocycles. The van der Waals surface area contributed by atoms with Gasteiger partial charge in [-0.2, -0.15) is 0 Å².